The normalized spacial score (nSPS) is 18.1. The summed E-state index contributed by atoms with van der Waals surface area (Å²) in [7, 11) is 0. The van der Waals surface area contributed by atoms with Gasteiger partial charge in [-0.15, -0.1) is 0 Å². The monoisotopic (exact) mass is 518 g/mol. The van der Waals surface area contributed by atoms with Crippen LogP contribution >= 0.6 is 0 Å². The molecule has 1 amide bonds. The van der Waals surface area contributed by atoms with Crippen LogP contribution in [-0.2, 0) is 0 Å². The number of nitrogens with one attached hydrogen (secondary N) is 2. The molecule has 196 valence electrons. The van der Waals surface area contributed by atoms with Gasteiger partial charge in [-0.3, -0.25) is 4.79 Å². The van der Waals surface area contributed by atoms with E-state index in [1.165, 1.54) is 6.07 Å². The number of anilines is 2. The van der Waals surface area contributed by atoms with Gasteiger partial charge in [-0.05, 0) is 43.7 Å². The summed E-state index contributed by atoms with van der Waals surface area (Å²) in [6, 6.07) is 8.66. The number of carbonyl (C=O) groups excluding carboxylic acids is 1. The van der Waals surface area contributed by atoms with Crippen molar-refractivity contribution in [2.24, 2.45) is 0 Å². The number of hydrogen-bond acceptors (Lipinski definition) is 7. The predicted molar refractivity (Wildman–Crippen MR) is 128 cm³/mol. The van der Waals surface area contributed by atoms with Crippen LogP contribution in [0, 0.1) is 0 Å². The second-order valence-corrected chi connectivity index (χ2v) is 8.44. The first-order valence-corrected chi connectivity index (χ1v) is 11.8. The number of ether oxygens (including phenoxy) is 4. The van der Waals surface area contributed by atoms with E-state index in [-0.39, 0.29) is 24.7 Å². The molecule has 0 saturated carbocycles. The molecular weight excluding hydrogens is 493 g/mol. The molecule has 3 heterocycles. The Bertz CT molecular complexity index is 1310. The van der Waals surface area contributed by atoms with E-state index in [1.807, 2.05) is 6.92 Å². The van der Waals surface area contributed by atoms with Crippen LogP contribution in [0.5, 0.6) is 23.0 Å². The lowest BCUT2D eigenvalue weighted by Gasteiger charge is -2.33. The first kappa shape index (κ1) is 24.6. The fraction of sp³-hybridized carbons (Fsp3) is 0.360. The number of halogens is 3. The average Bonchev–Trinajstić information content (AvgIpc) is 3.51. The number of aromatic nitrogens is 2. The zero-order valence-electron chi connectivity index (χ0n) is 20.1. The van der Waals surface area contributed by atoms with Gasteiger partial charge >= 0.3 is 6.18 Å². The Balaban J connectivity index is 1.43. The maximum absolute atomic E-state index is 14.1. The van der Waals surface area contributed by atoms with Crippen molar-refractivity contribution in [3.63, 3.8) is 0 Å². The summed E-state index contributed by atoms with van der Waals surface area (Å²) < 4.78 is 64.8. The smallest absolute Gasteiger partial charge is 0.410 e. The van der Waals surface area contributed by atoms with Crippen molar-refractivity contribution >= 4 is 17.4 Å². The molecule has 0 radical (unpaired) electrons. The molecule has 0 aliphatic carbocycles. The molecule has 37 heavy (non-hydrogen) atoms. The molecule has 3 aromatic rings. The van der Waals surface area contributed by atoms with Crippen LogP contribution in [0.3, 0.4) is 0 Å². The van der Waals surface area contributed by atoms with Crippen molar-refractivity contribution < 1.29 is 36.9 Å². The predicted octanol–water partition coefficient (Wildman–Crippen LogP) is 5.32. The second-order valence-electron chi connectivity index (χ2n) is 8.44. The molecular formula is C25H25F3N4O5. The molecule has 2 aromatic carbocycles. The molecule has 5 rings (SSSR count). The van der Waals surface area contributed by atoms with E-state index in [9.17, 15) is 18.0 Å². The zero-order chi connectivity index (χ0) is 26.2. The van der Waals surface area contributed by atoms with E-state index in [0.717, 1.165) is 4.68 Å². The minimum atomic E-state index is -4.58. The van der Waals surface area contributed by atoms with Crippen molar-refractivity contribution in [1.82, 2.24) is 9.78 Å². The Labute approximate surface area is 210 Å². The fourth-order valence-corrected chi connectivity index (χ4v) is 4.36. The van der Waals surface area contributed by atoms with Gasteiger partial charge in [0.25, 0.3) is 5.91 Å². The van der Waals surface area contributed by atoms with Crippen molar-refractivity contribution in [1.29, 1.82) is 0 Å². The minimum absolute atomic E-state index is 0.0613. The maximum Gasteiger partial charge on any atom is 0.410 e. The molecule has 0 fully saturated rings. The van der Waals surface area contributed by atoms with Gasteiger partial charge in [-0.2, -0.15) is 18.3 Å². The van der Waals surface area contributed by atoms with Crippen LogP contribution in [0.4, 0.5) is 24.7 Å². The molecule has 9 nitrogen and oxygen atoms in total. The van der Waals surface area contributed by atoms with Crippen LogP contribution in [0.2, 0.25) is 0 Å². The number of benzene rings is 2. The second kappa shape index (κ2) is 9.75. The topological polar surface area (TPSA) is 95.9 Å². The molecule has 2 aliphatic heterocycles. The van der Waals surface area contributed by atoms with Crippen LogP contribution < -0.4 is 29.6 Å². The summed E-state index contributed by atoms with van der Waals surface area (Å²) in [5.74, 6) is 1.32. The highest BCUT2D eigenvalue weighted by Gasteiger charge is 2.47. The molecule has 0 spiro atoms. The van der Waals surface area contributed by atoms with Gasteiger partial charge in [0.15, 0.2) is 23.2 Å². The van der Waals surface area contributed by atoms with Gasteiger partial charge in [0.2, 0.25) is 6.79 Å². The molecule has 2 aliphatic rings. The highest BCUT2D eigenvalue weighted by molar-refractivity contribution is 6.04. The van der Waals surface area contributed by atoms with Crippen LogP contribution in [0.15, 0.2) is 42.5 Å². The number of rotatable bonds is 7. The third-order valence-electron chi connectivity index (χ3n) is 6.03. The van der Waals surface area contributed by atoms with E-state index < -0.39 is 24.2 Å². The first-order chi connectivity index (χ1) is 17.8. The van der Waals surface area contributed by atoms with Crippen molar-refractivity contribution in [3.8, 4) is 23.0 Å². The van der Waals surface area contributed by atoms with Gasteiger partial charge < -0.3 is 29.6 Å². The molecule has 2 N–H and O–H groups in total. The Morgan fingerprint density at radius 1 is 1.11 bits per heavy atom. The standard InChI is InChI=1S/C25H25F3N4O5/c1-3-34-15-6-8-19(35-4-2)17(10-15)30-24(33)18-12-23-29-16(11-22(25(26,27)28)32(23)31-18)14-5-7-20-21(9-14)37-13-36-20/h5-10,12,16,22,29H,3-4,11,13H2,1-2H3,(H,30,33)/t16-,22+/m1/s1. The maximum atomic E-state index is 14.1. The fourth-order valence-electron chi connectivity index (χ4n) is 4.36. The van der Waals surface area contributed by atoms with E-state index in [0.29, 0.717) is 47.5 Å². The lowest BCUT2D eigenvalue weighted by Crippen LogP contribution is -2.35. The minimum Gasteiger partial charge on any atom is -0.494 e. The number of amides is 1. The van der Waals surface area contributed by atoms with E-state index in [4.69, 9.17) is 18.9 Å². The highest BCUT2D eigenvalue weighted by Crippen LogP contribution is 2.45. The van der Waals surface area contributed by atoms with Gasteiger partial charge in [0, 0.05) is 18.6 Å². The first-order valence-electron chi connectivity index (χ1n) is 11.8. The van der Waals surface area contributed by atoms with Gasteiger partial charge in [0.1, 0.15) is 17.3 Å². The quantitative estimate of drug-likeness (QED) is 0.437. The molecule has 2 atom stereocenters. The van der Waals surface area contributed by atoms with Crippen LogP contribution in [-0.4, -0.2) is 41.9 Å². The molecule has 0 bridgehead atoms. The summed E-state index contributed by atoms with van der Waals surface area (Å²) >= 11 is 0. The Kier molecular flexibility index (Phi) is 6.48. The van der Waals surface area contributed by atoms with Crippen LogP contribution in [0.1, 0.15) is 48.4 Å². The third kappa shape index (κ3) is 4.95. The summed E-state index contributed by atoms with van der Waals surface area (Å²) in [5, 5.41) is 9.79. The Hall–Kier alpha value is -4.09. The molecule has 0 saturated heterocycles. The Morgan fingerprint density at radius 2 is 1.89 bits per heavy atom. The lowest BCUT2D eigenvalue weighted by atomic mass is 9.96. The van der Waals surface area contributed by atoms with E-state index >= 15 is 0 Å². The number of carbonyl (C=O) groups is 1. The van der Waals surface area contributed by atoms with Gasteiger partial charge in [-0.25, -0.2) is 4.68 Å². The Morgan fingerprint density at radius 3 is 2.65 bits per heavy atom. The summed E-state index contributed by atoms with van der Waals surface area (Å²) in [6.45, 7) is 4.46. The third-order valence-corrected chi connectivity index (χ3v) is 6.03. The van der Waals surface area contributed by atoms with Crippen molar-refractivity contribution in [2.75, 3.05) is 30.6 Å². The van der Waals surface area contributed by atoms with Gasteiger partial charge in [-0.1, -0.05) is 6.07 Å². The van der Waals surface area contributed by atoms with Crippen LogP contribution in [0.25, 0.3) is 0 Å². The molecule has 1 aromatic heterocycles. The van der Waals surface area contributed by atoms with E-state index in [1.54, 1.807) is 43.3 Å². The summed E-state index contributed by atoms with van der Waals surface area (Å²) in [6.07, 6.45) is -4.90. The average molecular weight is 518 g/mol. The lowest BCUT2D eigenvalue weighted by molar-refractivity contribution is -0.173. The van der Waals surface area contributed by atoms with Crippen molar-refractivity contribution in [3.05, 3.63) is 53.7 Å². The highest BCUT2D eigenvalue weighted by atomic mass is 19.4. The largest absolute Gasteiger partial charge is 0.494 e. The summed E-state index contributed by atoms with van der Waals surface area (Å²) in [5.41, 5.74) is 0.751. The van der Waals surface area contributed by atoms with Crippen molar-refractivity contribution in [2.45, 2.75) is 38.5 Å². The molecule has 12 heteroatoms. The zero-order valence-corrected chi connectivity index (χ0v) is 20.1. The number of hydrogen-bond donors (Lipinski definition) is 2. The number of alkyl halides is 3. The molecule has 0 unspecified atom stereocenters. The summed E-state index contributed by atoms with van der Waals surface area (Å²) in [4.78, 5) is 13.1. The number of fused-ring (bicyclic) bond motifs is 2. The number of nitrogens with zero attached hydrogens (tertiary/aromatic N) is 2. The van der Waals surface area contributed by atoms with Gasteiger partial charge in [0.05, 0.1) is 24.9 Å². The SMILES string of the molecule is CCOc1ccc(OCC)c(NC(=O)c2cc3n(n2)[C@H](C(F)(F)F)C[C@H](c2ccc4c(c2)OCO4)N3)c1. The van der Waals surface area contributed by atoms with E-state index in [2.05, 4.69) is 15.7 Å².